The molecule has 0 atom stereocenters. The molecule has 0 amide bonds. The molecule has 0 aliphatic carbocycles. The number of pyridine rings is 1. The lowest BCUT2D eigenvalue weighted by Crippen LogP contribution is -1.91. The number of nitrogens with zero attached hydrogens (tertiary/aromatic N) is 2. The van der Waals surface area contributed by atoms with Crippen LogP contribution in [-0.4, -0.2) is 10.1 Å². The summed E-state index contributed by atoms with van der Waals surface area (Å²) in [5.41, 5.74) is 11.0. The second-order valence-electron chi connectivity index (χ2n) is 4.78. The van der Waals surface area contributed by atoms with Gasteiger partial charge in [0, 0.05) is 23.5 Å². The lowest BCUT2D eigenvalue weighted by molar-refractivity contribution is 0.435. The van der Waals surface area contributed by atoms with Crippen LogP contribution in [0.25, 0.3) is 22.5 Å². The molecule has 0 unspecified atom stereocenters. The molecule has 4 heteroatoms. The molecule has 4 nitrogen and oxygen atoms in total. The van der Waals surface area contributed by atoms with E-state index in [1.54, 1.807) is 12.4 Å². The van der Waals surface area contributed by atoms with E-state index in [4.69, 9.17) is 10.3 Å². The van der Waals surface area contributed by atoms with Gasteiger partial charge in [0.05, 0.1) is 5.56 Å². The molecule has 0 saturated carbocycles. The topological polar surface area (TPSA) is 64.9 Å². The van der Waals surface area contributed by atoms with Crippen molar-refractivity contribution in [3.8, 4) is 22.5 Å². The summed E-state index contributed by atoms with van der Waals surface area (Å²) in [5, 5.41) is 3.93. The van der Waals surface area contributed by atoms with Crippen molar-refractivity contribution in [1.29, 1.82) is 0 Å². The highest BCUT2D eigenvalue weighted by atomic mass is 16.5. The van der Waals surface area contributed by atoms with E-state index in [-0.39, 0.29) is 0 Å². The summed E-state index contributed by atoms with van der Waals surface area (Å²) in [7, 11) is 0. The first-order chi connectivity index (χ1) is 9.68. The highest BCUT2D eigenvalue weighted by Gasteiger charge is 2.20. The molecule has 0 bridgehead atoms. The van der Waals surface area contributed by atoms with Crippen molar-refractivity contribution in [3.05, 3.63) is 53.9 Å². The SMILES string of the molecule is Cc1cccc(C)c1-c1onc(N)c1-c1cccnc1. The first kappa shape index (κ1) is 12.4. The van der Waals surface area contributed by atoms with Crippen molar-refractivity contribution in [2.24, 2.45) is 0 Å². The van der Waals surface area contributed by atoms with E-state index >= 15 is 0 Å². The van der Waals surface area contributed by atoms with Crippen molar-refractivity contribution in [2.75, 3.05) is 5.73 Å². The number of aryl methyl sites for hydroxylation is 2. The number of hydrogen-bond donors (Lipinski definition) is 1. The largest absolute Gasteiger partial charge is 0.380 e. The Hall–Kier alpha value is -2.62. The molecule has 3 rings (SSSR count). The van der Waals surface area contributed by atoms with E-state index in [2.05, 4.69) is 10.1 Å². The lowest BCUT2D eigenvalue weighted by atomic mass is 9.96. The van der Waals surface area contributed by atoms with Gasteiger partial charge in [0.25, 0.3) is 0 Å². The zero-order valence-corrected chi connectivity index (χ0v) is 11.4. The maximum Gasteiger partial charge on any atom is 0.177 e. The molecule has 3 aromatic rings. The van der Waals surface area contributed by atoms with Gasteiger partial charge in [-0.3, -0.25) is 4.98 Å². The molecule has 2 heterocycles. The molecular formula is C16H15N3O. The molecule has 2 N–H and O–H groups in total. The van der Waals surface area contributed by atoms with E-state index in [0.29, 0.717) is 11.6 Å². The number of anilines is 1. The van der Waals surface area contributed by atoms with E-state index in [1.807, 2.05) is 44.2 Å². The van der Waals surface area contributed by atoms with Gasteiger partial charge in [0.2, 0.25) is 0 Å². The van der Waals surface area contributed by atoms with Crippen molar-refractivity contribution in [2.45, 2.75) is 13.8 Å². The number of benzene rings is 1. The Morgan fingerprint density at radius 3 is 2.40 bits per heavy atom. The predicted molar refractivity (Wildman–Crippen MR) is 79.1 cm³/mol. The summed E-state index contributed by atoms with van der Waals surface area (Å²) in [6, 6.07) is 9.95. The lowest BCUT2D eigenvalue weighted by Gasteiger charge is -2.08. The Balaban J connectivity index is 2.27. The van der Waals surface area contributed by atoms with E-state index in [9.17, 15) is 0 Å². The molecule has 0 fully saturated rings. The van der Waals surface area contributed by atoms with Gasteiger partial charge >= 0.3 is 0 Å². The minimum atomic E-state index is 0.385. The molecule has 0 saturated heterocycles. The van der Waals surface area contributed by atoms with Gasteiger partial charge in [-0.2, -0.15) is 0 Å². The zero-order valence-electron chi connectivity index (χ0n) is 11.4. The smallest absolute Gasteiger partial charge is 0.177 e. The second-order valence-corrected chi connectivity index (χ2v) is 4.78. The van der Waals surface area contributed by atoms with Gasteiger partial charge in [0.15, 0.2) is 11.6 Å². The molecular weight excluding hydrogens is 250 g/mol. The highest BCUT2D eigenvalue weighted by molar-refractivity contribution is 5.88. The minimum Gasteiger partial charge on any atom is -0.380 e. The molecule has 0 spiro atoms. The molecule has 0 aliphatic rings. The third-order valence-corrected chi connectivity index (χ3v) is 3.38. The quantitative estimate of drug-likeness (QED) is 0.768. The molecule has 0 aliphatic heterocycles. The summed E-state index contributed by atoms with van der Waals surface area (Å²) in [6.07, 6.45) is 3.49. The van der Waals surface area contributed by atoms with Crippen LogP contribution in [-0.2, 0) is 0 Å². The normalized spacial score (nSPS) is 10.7. The van der Waals surface area contributed by atoms with Crippen molar-refractivity contribution >= 4 is 5.82 Å². The fourth-order valence-corrected chi connectivity index (χ4v) is 2.44. The van der Waals surface area contributed by atoms with Gasteiger partial charge in [-0.05, 0) is 31.0 Å². The molecule has 20 heavy (non-hydrogen) atoms. The Morgan fingerprint density at radius 1 is 1.00 bits per heavy atom. The standard InChI is InChI=1S/C16H15N3O/c1-10-5-3-6-11(2)13(10)15-14(16(17)19-20-15)12-7-4-8-18-9-12/h3-9H,1-2H3,(H2,17,19). The Morgan fingerprint density at radius 2 is 1.75 bits per heavy atom. The van der Waals surface area contributed by atoms with Crippen LogP contribution in [0.15, 0.2) is 47.2 Å². The van der Waals surface area contributed by atoms with Gasteiger partial charge in [-0.15, -0.1) is 0 Å². The number of rotatable bonds is 2. The first-order valence-corrected chi connectivity index (χ1v) is 6.40. The fraction of sp³-hybridized carbons (Fsp3) is 0.125. The van der Waals surface area contributed by atoms with Crippen LogP contribution in [0.5, 0.6) is 0 Å². The summed E-state index contributed by atoms with van der Waals surface area (Å²) < 4.78 is 5.49. The molecule has 100 valence electrons. The van der Waals surface area contributed by atoms with Crippen LogP contribution in [0.4, 0.5) is 5.82 Å². The highest BCUT2D eigenvalue weighted by Crippen LogP contribution is 2.38. The molecule has 1 aromatic carbocycles. The minimum absolute atomic E-state index is 0.385. The van der Waals surface area contributed by atoms with E-state index in [1.165, 1.54) is 0 Å². The van der Waals surface area contributed by atoms with Crippen molar-refractivity contribution in [3.63, 3.8) is 0 Å². The predicted octanol–water partition coefficient (Wildman–Crippen LogP) is 3.60. The van der Waals surface area contributed by atoms with Crippen molar-refractivity contribution in [1.82, 2.24) is 10.1 Å². The maximum absolute atomic E-state index is 5.98. The fourth-order valence-electron chi connectivity index (χ4n) is 2.44. The zero-order chi connectivity index (χ0) is 14.1. The summed E-state index contributed by atoms with van der Waals surface area (Å²) >= 11 is 0. The monoisotopic (exact) mass is 265 g/mol. The van der Waals surface area contributed by atoms with Crippen LogP contribution < -0.4 is 5.73 Å². The van der Waals surface area contributed by atoms with Crippen molar-refractivity contribution < 1.29 is 4.52 Å². The van der Waals surface area contributed by atoms with Crippen LogP contribution in [0.1, 0.15) is 11.1 Å². The third-order valence-electron chi connectivity index (χ3n) is 3.38. The van der Waals surface area contributed by atoms with Crippen LogP contribution in [0.2, 0.25) is 0 Å². The molecule has 0 radical (unpaired) electrons. The Kier molecular flexibility index (Phi) is 2.99. The van der Waals surface area contributed by atoms with E-state index < -0.39 is 0 Å². The van der Waals surface area contributed by atoms with Crippen LogP contribution >= 0.6 is 0 Å². The average Bonchev–Trinajstić information content (AvgIpc) is 2.81. The van der Waals surface area contributed by atoms with Gasteiger partial charge < -0.3 is 10.3 Å². The second kappa shape index (κ2) is 4.81. The number of nitrogen functional groups attached to an aromatic ring is 1. The van der Waals surface area contributed by atoms with Gasteiger partial charge in [-0.1, -0.05) is 29.4 Å². The average molecular weight is 265 g/mol. The van der Waals surface area contributed by atoms with Gasteiger partial charge in [-0.25, -0.2) is 0 Å². The van der Waals surface area contributed by atoms with E-state index in [0.717, 1.165) is 27.8 Å². The van der Waals surface area contributed by atoms with Crippen LogP contribution in [0, 0.1) is 13.8 Å². The van der Waals surface area contributed by atoms with Crippen LogP contribution in [0.3, 0.4) is 0 Å². The third kappa shape index (κ3) is 1.95. The Labute approximate surface area is 117 Å². The maximum atomic E-state index is 5.98. The summed E-state index contributed by atoms with van der Waals surface area (Å²) in [5.74, 6) is 1.08. The number of nitrogens with two attached hydrogens (primary N) is 1. The number of hydrogen-bond acceptors (Lipinski definition) is 4. The first-order valence-electron chi connectivity index (χ1n) is 6.40. The summed E-state index contributed by atoms with van der Waals surface area (Å²) in [4.78, 5) is 4.14. The number of aromatic nitrogens is 2. The summed E-state index contributed by atoms with van der Waals surface area (Å²) in [6.45, 7) is 4.10. The van der Waals surface area contributed by atoms with Gasteiger partial charge in [0.1, 0.15) is 0 Å². The Bertz CT molecular complexity index is 727. The molecule has 2 aromatic heterocycles.